The molecule has 1 heteroatoms. The third kappa shape index (κ3) is 9.97. The van der Waals surface area contributed by atoms with Crippen LogP contribution in [0, 0.1) is 0 Å². The van der Waals surface area contributed by atoms with Crippen molar-refractivity contribution in [2.75, 3.05) is 0 Å². The maximum Gasteiger partial charge on any atom is 0.0300 e. The van der Waals surface area contributed by atoms with E-state index in [1.807, 2.05) is 0 Å². The minimum absolute atomic E-state index is 1.21. The molecule has 0 saturated carbocycles. The van der Waals surface area contributed by atoms with Gasteiger partial charge in [0.2, 0.25) is 0 Å². The molecule has 0 saturated heterocycles. The number of rotatable bonds is 14. The van der Waals surface area contributed by atoms with Crippen LogP contribution in [0.25, 0.3) is 0 Å². The van der Waals surface area contributed by atoms with Crippen LogP contribution in [-0.4, -0.2) is 4.98 Å². The van der Waals surface area contributed by atoms with Gasteiger partial charge in [0.15, 0.2) is 0 Å². The van der Waals surface area contributed by atoms with Crippen molar-refractivity contribution in [3.05, 3.63) is 29.6 Å². The summed E-state index contributed by atoms with van der Waals surface area (Å²) in [5.74, 6) is 0. The maximum atomic E-state index is 4.44. The fraction of sp³-hybridized carbons (Fsp3) is 0.762. The largest absolute Gasteiger partial charge is 0.264 e. The third-order valence-corrected chi connectivity index (χ3v) is 4.49. The van der Waals surface area contributed by atoms with Gasteiger partial charge in [0.25, 0.3) is 0 Å². The van der Waals surface area contributed by atoms with Crippen molar-refractivity contribution in [1.29, 1.82) is 0 Å². The smallest absolute Gasteiger partial charge is 0.0300 e. The van der Waals surface area contributed by atoms with E-state index in [2.05, 4.69) is 37.3 Å². The molecule has 0 amide bonds. The van der Waals surface area contributed by atoms with E-state index < -0.39 is 0 Å². The van der Waals surface area contributed by atoms with E-state index in [9.17, 15) is 0 Å². The summed E-state index contributed by atoms with van der Waals surface area (Å²) >= 11 is 0. The molecule has 1 aromatic rings. The summed E-state index contributed by atoms with van der Waals surface area (Å²) in [7, 11) is 0. The van der Waals surface area contributed by atoms with Crippen LogP contribution >= 0.6 is 0 Å². The van der Waals surface area contributed by atoms with Crippen molar-refractivity contribution in [1.82, 2.24) is 4.98 Å². The zero-order valence-corrected chi connectivity index (χ0v) is 15.1. The maximum absolute atomic E-state index is 4.44. The van der Waals surface area contributed by atoms with E-state index in [0.29, 0.717) is 0 Å². The molecule has 0 fully saturated rings. The summed E-state index contributed by atoms with van der Waals surface area (Å²) < 4.78 is 0. The normalized spacial score (nSPS) is 11.0. The molecule has 0 aromatic carbocycles. The first kappa shape index (κ1) is 19.2. The molecule has 0 bridgehead atoms. The molecule has 1 nitrogen and oxygen atoms in total. The van der Waals surface area contributed by atoms with Gasteiger partial charge in [0.1, 0.15) is 0 Å². The Kier molecular flexibility index (Phi) is 12.0. The zero-order valence-electron chi connectivity index (χ0n) is 15.1. The highest BCUT2D eigenvalue weighted by Gasteiger charge is 1.99. The first-order valence-corrected chi connectivity index (χ1v) is 9.79. The second-order valence-corrected chi connectivity index (χ2v) is 6.74. The second-order valence-electron chi connectivity index (χ2n) is 6.74. The van der Waals surface area contributed by atoms with Gasteiger partial charge in [-0.15, -0.1) is 0 Å². The van der Waals surface area contributed by atoms with E-state index in [-0.39, 0.29) is 0 Å². The average Bonchev–Trinajstić information content (AvgIpc) is 2.54. The summed E-state index contributed by atoms with van der Waals surface area (Å²) in [6.45, 7) is 4.56. The van der Waals surface area contributed by atoms with E-state index in [1.165, 1.54) is 101 Å². The van der Waals surface area contributed by atoms with Gasteiger partial charge < -0.3 is 0 Å². The van der Waals surface area contributed by atoms with Crippen molar-refractivity contribution < 1.29 is 0 Å². The molecule has 0 N–H and O–H groups in total. The molecular weight excluding hydrogens is 266 g/mol. The molecule has 0 aliphatic carbocycles. The standard InChI is InChI=1S/C21H37N/c1-3-5-7-9-11-13-15-20-17-21(19-22-18-20)16-14-12-10-8-6-4-2/h17-19H,3-16H2,1-2H3. The molecule has 0 aliphatic rings. The van der Waals surface area contributed by atoms with E-state index in [4.69, 9.17) is 0 Å². The Balaban J connectivity index is 2.13. The summed E-state index contributed by atoms with van der Waals surface area (Å²) in [6, 6.07) is 2.39. The Morgan fingerprint density at radius 3 is 1.45 bits per heavy atom. The van der Waals surface area contributed by atoms with Crippen LogP contribution in [0.2, 0.25) is 0 Å². The van der Waals surface area contributed by atoms with Crippen LogP contribution in [0.5, 0.6) is 0 Å². The first-order valence-electron chi connectivity index (χ1n) is 9.79. The number of hydrogen-bond donors (Lipinski definition) is 0. The molecule has 1 rings (SSSR count). The SMILES string of the molecule is CCCCCCCCc1cncc(CCCCCCCC)c1. The van der Waals surface area contributed by atoms with Gasteiger partial charge >= 0.3 is 0 Å². The van der Waals surface area contributed by atoms with Crippen molar-refractivity contribution in [2.45, 2.75) is 104 Å². The van der Waals surface area contributed by atoms with Gasteiger partial charge in [-0.1, -0.05) is 84.1 Å². The van der Waals surface area contributed by atoms with Crippen LogP contribution in [-0.2, 0) is 12.8 Å². The lowest BCUT2D eigenvalue weighted by molar-refractivity contribution is 0.604. The van der Waals surface area contributed by atoms with Gasteiger partial charge in [-0.3, -0.25) is 4.98 Å². The van der Waals surface area contributed by atoms with Crippen LogP contribution in [0.1, 0.15) is 102 Å². The van der Waals surface area contributed by atoms with Crippen LogP contribution < -0.4 is 0 Å². The average molecular weight is 304 g/mol. The first-order chi connectivity index (χ1) is 10.9. The minimum atomic E-state index is 1.21. The van der Waals surface area contributed by atoms with Gasteiger partial charge in [-0.25, -0.2) is 0 Å². The number of hydrogen-bond acceptors (Lipinski definition) is 1. The number of nitrogens with zero attached hydrogens (tertiary/aromatic N) is 1. The van der Waals surface area contributed by atoms with E-state index in [1.54, 1.807) is 0 Å². The van der Waals surface area contributed by atoms with Crippen molar-refractivity contribution in [3.63, 3.8) is 0 Å². The highest BCUT2D eigenvalue weighted by Crippen LogP contribution is 2.13. The molecule has 1 heterocycles. The number of pyridine rings is 1. The van der Waals surface area contributed by atoms with E-state index in [0.717, 1.165) is 0 Å². The summed E-state index contributed by atoms with van der Waals surface area (Å²) in [6.07, 6.45) is 23.1. The molecule has 0 radical (unpaired) electrons. The Morgan fingerprint density at radius 2 is 1.00 bits per heavy atom. The van der Waals surface area contributed by atoms with Gasteiger partial charge in [0.05, 0.1) is 0 Å². The topological polar surface area (TPSA) is 12.9 Å². The molecule has 0 spiro atoms. The molecule has 0 unspecified atom stereocenters. The highest BCUT2D eigenvalue weighted by atomic mass is 14.6. The highest BCUT2D eigenvalue weighted by molar-refractivity contribution is 5.18. The van der Waals surface area contributed by atoms with Gasteiger partial charge in [-0.2, -0.15) is 0 Å². The Morgan fingerprint density at radius 1 is 0.591 bits per heavy atom. The van der Waals surface area contributed by atoms with Crippen LogP contribution in [0.4, 0.5) is 0 Å². The van der Waals surface area contributed by atoms with Crippen molar-refractivity contribution >= 4 is 0 Å². The molecular formula is C21H37N. The van der Waals surface area contributed by atoms with Gasteiger partial charge in [-0.05, 0) is 36.8 Å². The zero-order chi connectivity index (χ0) is 15.9. The Bertz CT molecular complexity index is 327. The van der Waals surface area contributed by atoms with Crippen LogP contribution in [0.15, 0.2) is 18.5 Å². The predicted molar refractivity (Wildman–Crippen MR) is 98.4 cm³/mol. The molecule has 1 aromatic heterocycles. The molecule has 126 valence electrons. The minimum Gasteiger partial charge on any atom is -0.264 e. The summed E-state index contributed by atoms with van der Waals surface area (Å²) in [5, 5.41) is 0. The van der Waals surface area contributed by atoms with Crippen LogP contribution in [0.3, 0.4) is 0 Å². The molecule has 0 atom stereocenters. The molecule has 0 aliphatic heterocycles. The summed E-state index contributed by atoms with van der Waals surface area (Å²) in [5.41, 5.74) is 2.89. The number of aromatic nitrogens is 1. The monoisotopic (exact) mass is 303 g/mol. The van der Waals surface area contributed by atoms with E-state index >= 15 is 0 Å². The predicted octanol–water partition coefficient (Wildman–Crippen LogP) is 6.89. The fourth-order valence-corrected chi connectivity index (χ4v) is 3.03. The van der Waals surface area contributed by atoms with Crippen molar-refractivity contribution in [2.24, 2.45) is 0 Å². The Labute approximate surface area is 138 Å². The quantitative estimate of drug-likeness (QED) is 0.341. The third-order valence-electron chi connectivity index (χ3n) is 4.49. The Hall–Kier alpha value is -0.850. The number of unbranched alkanes of at least 4 members (excludes halogenated alkanes) is 10. The lowest BCUT2D eigenvalue weighted by Gasteiger charge is -2.05. The molecule has 22 heavy (non-hydrogen) atoms. The number of aryl methyl sites for hydroxylation is 2. The van der Waals surface area contributed by atoms with Crippen molar-refractivity contribution in [3.8, 4) is 0 Å². The van der Waals surface area contributed by atoms with Gasteiger partial charge in [0, 0.05) is 12.4 Å². The fourth-order valence-electron chi connectivity index (χ4n) is 3.03. The second kappa shape index (κ2) is 13.8. The lowest BCUT2D eigenvalue weighted by Crippen LogP contribution is -1.93. The lowest BCUT2D eigenvalue weighted by atomic mass is 10.0. The summed E-state index contributed by atoms with van der Waals surface area (Å²) in [4.78, 5) is 4.44.